The number of methoxy groups -OCH3 is 1. The van der Waals surface area contributed by atoms with E-state index in [0.29, 0.717) is 68.8 Å². The van der Waals surface area contributed by atoms with E-state index in [9.17, 15) is 19.2 Å². The molecular formula is C39H46BrN5O7S2. The Bertz CT molecular complexity index is 1950. The molecule has 0 spiro atoms. The van der Waals surface area contributed by atoms with Crippen LogP contribution < -0.4 is 29.6 Å². The largest absolute Gasteiger partial charge is 0.495 e. The molecule has 5 unspecified atom stereocenters. The van der Waals surface area contributed by atoms with E-state index in [4.69, 9.17) is 14.2 Å². The predicted molar refractivity (Wildman–Crippen MR) is 212 cm³/mol. The first kappa shape index (κ1) is 38.5. The molecule has 7 rings (SSSR count). The predicted octanol–water partition coefficient (Wildman–Crippen LogP) is 6.24. The van der Waals surface area contributed by atoms with E-state index in [1.807, 2.05) is 32.0 Å². The van der Waals surface area contributed by atoms with Gasteiger partial charge in [-0.2, -0.15) is 0 Å². The van der Waals surface area contributed by atoms with Crippen molar-refractivity contribution in [1.82, 2.24) is 25.2 Å². The number of hydrogen-bond donors (Lipinski definition) is 3. The molecule has 3 aromatic rings. The molecule has 0 radical (unpaired) electrons. The third-order valence-electron chi connectivity index (χ3n) is 10.4. The number of halogens is 1. The van der Waals surface area contributed by atoms with Gasteiger partial charge in [0.15, 0.2) is 0 Å². The van der Waals surface area contributed by atoms with Gasteiger partial charge in [-0.25, -0.2) is 4.98 Å². The molecule has 4 aliphatic rings. The fourth-order valence-electron chi connectivity index (χ4n) is 7.21. The van der Waals surface area contributed by atoms with Gasteiger partial charge in [0.25, 0.3) is 11.8 Å². The maximum absolute atomic E-state index is 14.7. The fraction of sp³-hybridized carbons (Fsp3) is 0.513. The number of carbonyl (C=O) groups excluding carboxylic acids is 4. The Morgan fingerprint density at radius 3 is 2.70 bits per heavy atom. The van der Waals surface area contributed by atoms with Crippen molar-refractivity contribution in [1.29, 1.82) is 0 Å². The van der Waals surface area contributed by atoms with Gasteiger partial charge in [-0.15, -0.1) is 11.3 Å². The number of thiophene rings is 1. The van der Waals surface area contributed by atoms with Crippen LogP contribution in [0.4, 0.5) is 0 Å². The third kappa shape index (κ3) is 8.37. The zero-order valence-corrected chi connectivity index (χ0v) is 33.9. The second kappa shape index (κ2) is 16.5. The monoisotopic (exact) mass is 839 g/mol. The van der Waals surface area contributed by atoms with Gasteiger partial charge in [-0.1, -0.05) is 25.0 Å². The van der Waals surface area contributed by atoms with Gasteiger partial charge >= 0.3 is 0 Å². The Hall–Kier alpha value is -3.82. The van der Waals surface area contributed by atoms with E-state index < -0.39 is 29.6 Å². The molecule has 0 bridgehead atoms. The molecule has 288 valence electrons. The normalized spacial score (nSPS) is 25.8. The molecule has 5 atom stereocenters. The van der Waals surface area contributed by atoms with Gasteiger partial charge in [0.2, 0.25) is 17.7 Å². The first-order valence-corrected chi connectivity index (χ1v) is 21.2. The molecule has 54 heavy (non-hydrogen) atoms. The van der Waals surface area contributed by atoms with Crippen LogP contribution in [0.15, 0.2) is 47.0 Å². The third-order valence-corrected chi connectivity index (χ3v) is 13.3. The van der Waals surface area contributed by atoms with E-state index in [1.165, 1.54) is 28.2 Å². The van der Waals surface area contributed by atoms with Crippen LogP contribution in [0.3, 0.4) is 0 Å². The van der Waals surface area contributed by atoms with E-state index in [-0.39, 0.29) is 36.6 Å². The molecule has 1 aromatic carbocycles. The first-order chi connectivity index (χ1) is 26.1. The zero-order valence-electron chi connectivity index (χ0n) is 30.7. The minimum absolute atomic E-state index is 0.0899. The second-order valence-corrected chi connectivity index (χ2v) is 17.6. The summed E-state index contributed by atoms with van der Waals surface area (Å²) in [6.45, 7) is 4.27. The number of amides is 4. The summed E-state index contributed by atoms with van der Waals surface area (Å²) in [5.41, 5.74) is -0.527. The van der Waals surface area contributed by atoms with Crippen LogP contribution in [-0.2, 0) is 14.4 Å². The van der Waals surface area contributed by atoms with Crippen molar-refractivity contribution in [3.63, 3.8) is 0 Å². The van der Waals surface area contributed by atoms with Gasteiger partial charge in [0.05, 0.1) is 35.1 Å². The van der Waals surface area contributed by atoms with E-state index in [2.05, 4.69) is 48.4 Å². The highest BCUT2D eigenvalue weighted by molar-refractivity contribution is 9.10. The number of aryl methyl sites for hydroxylation is 1. The molecule has 12 nitrogen and oxygen atoms in total. The lowest BCUT2D eigenvalue weighted by molar-refractivity contribution is -0.141. The standard InChI is InChI=1S/C39H46BrN5O7S2/c1-4-51-32-19-30(26-15-16-29(50-3)33(40)34(26)42-32)52-24-18-28-35(46)43-39(38(49)44-54-25-13-14-25)20-23(39)10-8-6-5-7-9-11-27(37(48)45(28)21-24)41-36(47)31-17-12-22(2)53-31/h8,10,12,15-17,19,23-25,27-28H,4-7,9,11,13-14,18,20-21H2,1-3H3,(H,41,47)(H,43,46)(H,44,49). The molecule has 1 saturated heterocycles. The highest BCUT2D eigenvalue weighted by Crippen LogP contribution is 2.47. The smallest absolute Gasteiger partial charge is 0.262 e. The average Bonchev–Trinajstić information content (AvgIpc) is 4.02. The van der Waals surface area contributed by atoms with E-state index in [0.717, 1.165) is 37.0 Å². The highest BCUT2D eigenvalue weighted by atomic mass is 79.9. The lowest BCUT2D eigenvalue weighted by atomic mass is 10.0. The number of ether oxygens (including phenoxy) is 3. The van der Waals surface area contributed by atoms with Crippen molar-refractivity contribution >= 4 is 73.7 Å². The number of aromatic nitrogens is 1. The minimum atomic E-state index is -1.10. The molecule has 2 aliphatic carbocycles. The Labute approximate surface area is 331 Å². The van der Waals surface area contributed by atoms with Crippen LogP contribution in [0.2, 0.25) is 0 Å². The van der Waals surface area contributed by atoms with Crippen molar-refractivity contribution in [3.05, 3.63) is 56.7 Å². The van der Waals surface area contributed by atoms with Crippen molar-refractivity contribution in [2.45, 2.75) is 101 Å². The molecule has 3 N–H and O–H groups in total. The Balaban J connectivity index is 1.21. The van der Waals surface area contributed by atoms with Crippen LogP contribution in [-0.4, -0.2) is 82.8 Å². The van der Waals surface area contributed by atoms with Crippen LogP contribution in [0.5, 0.6) is 17.4 Å². The summed E-state index contributed by atoms with van der Waals surface area (Å²) in [5, 5.41) is 7.22. The Morgan fingerprint density at radius 2 is 1.96 bits per heavy atom. The number of benzene rings is 1. The summed E-state index contributed by atoms with van der Waals surface area (Å²) in [7, 11) is 1.58. The molecule has 2 saturated carbocycles. The lowest BCUT2D eigenvalue weighted by Gasteiger charge is -2.29. The first-order valence-electron chi connectivity index (χ1n) is 18.7. The zero-order chi connectivity index (χ0) is 38.0. The van der Waals surface area contributed by atoms with Gasteiger partial charge in [0, 0.05) is 33.9 Å². The number of rotatable bonds is 10. The van der Waals surface area contributed by atoms with Gasteiger partial charge in [-0.3, -0.25) is 23.9 Å². The van der Waals surface area contributed by atoms with Gasteiger partial charge < -0.3 is 29.7 Å². The number of nitrogens with zero attached hydrogens (tertiary/aromatic N) is 2. The summed E-state index contributed by atoms with van der Waals surface area (Å²) in [5.74, 6) is -0.0484. The minimum Gasteiger partial charge on any atom is -0.495 e. The number of pyridine rings is 1. The quantitative estimate of drug-likeness (QED) is 0.159. The number of fused-ring (bicyclic) bond motifs is 3. The summed E-state index contributed by atoms with van der Waals surface area (Å²) in [4.78, 5) is 64.1. The maximum Gasteiger partial charge on any atom is 0.262 e. The average molecular weight is 841 g/mol. The van der Waals surface area contributed by atoms with Gasteiger partial charge in [0.1, 0.15) is 35.2 Å². The van der Waals surface area contributed by atoms with E-state index >= 15 is 0 Å². The molecule has 3 fully saturated rings. The molecule has 4 amide bonds. The second-order valence-electron chi connectivity index (χ2n) is 14.4. The van der Waals surface area contributed by atoms with Crippen molar-refractivity contribution in [2.24, 2.45) is 5.92 Å². The summed E-state index contributed by atoms with van der Waals surface area (Å²) < 4.78 is 21.6. The molecular weight excluding hydrogens is 794 g/mol. The Kier molecular flexibility index (Phi) is 11.7. The summed E-state index contributed by atoms with van der Waals surface area (Å²) >= 11 is 6.40. The van der Waals surface area contributed by atoms with Crippen LogP contribution >= 0.6 is 39.2 Å². The van der Waals surface area contributed by atoms with Gasteiger partial charge in [-0.05, 0) is 105 Å². The number of hydrogen-bond acceptors (Lipinski definition) is 10. The van der Waals surface area contributed by atoms with Crippen LogP contribution in [0.25, 0.3) is 10.9 Å². The molecule has 2 aliphatic heterocycles. The number of nitrogens with one attached hydrogen (secondary N) is 3. The number of carbonyl (C=O) groups is 4. The van der Waals surface area contributed by atoms with E-state index in [1.54, 1.807) is 19.2 Å². The van der Waals surface area contributed by atoms with Crippen molar-refractivity contribution in [3.8, 4) is 17.4 Å². The molecule has 15 heteroatoms. The summed E-state index contributed by atoms with van der Waals surface area (Å²) in [6, 6.07) is 7.21. The molecule has 4 heterocycles. The number of allylic oxidation sites excluding steroid dienone is 1. The van der Waals surface area contributed by atoms with Crippen LogP contribution in [0, 0.1) is 12.8 Å². The van der Waals surface area contributed by atoms with Crippen molar-refractivity contribution < 1.29 is 33.4 Å². The lowest BCUT2D eigenvalue weighted by Crippen LogP contribution is -2.57. The molecule has 2 aromatic heterocycles. The topological polar surface area (TPSA) is 148 Å². The SMILES string of the molecule is CCOc1cc(OC2CC3C(=O)NC4(C(=O)NSC5CC5)CC4C=CCCCCCC(NC(=O)c4ccc(C)s4)C(=O)N3C2)c2ccc(OC)c(Br)c2n1. The fourth-order valence-corrected chi connectivity index (χ4v) is 9.40. The van der Waals surface area contributed by atoms with Crippen molar-refractivity contribution in [2.75, 3.05) is 20.3 Å². The highest BCUT2D eigenvalue weighted by Gasteiger charge is 2.61. The summed E-state index contributed by atoms with van der Waals surface area (Å²) in [6.07, 6.45) is 10.0. The Morgan fingerprint density at radius 1 is 1.13 bits per heavy atom. The van der Waals surface area contributed by atoms with Crippen LogP contribution in [0.1, 0.15) is 79.3 Å². The maximum atomic E-state index is 14.7.